The fraction of sp³-hybridized carbons (Fsp3) is 0.200. The van der Waals surface area contributed by atoms with Gasteiger partial charge in [0, 0.05) is 6.07 Å². The third kappa shape index (κ3) is 4.68. The maximum absolute atomic E-state index is 12.8. The maximum Gasteiger partial charge on any atom is 0.126 e. The van der Waals surface area contributed by atoms with Crippen LogP contribution in [0.15, 0.2) is 54.6 Å². The second-order valence-corrected chi connectivity index (χ2v) is 3.23. The van der Waals surface area contributed by atoms with Crippen molar-refractivity contribution in [2.24, 2.45) is 0 Å². The molecule has 0 aliphatic rings. The quantitative estimate of drug-likeness (QED) is 0.760. The molecule has 2 rings (SSSR count). The molecule has 0 unspecified atom stereocenters. The molecule has 1 nitrogen and oxygen atoms in total. The number of hydrogen-bond donors (Lipinski definition) is 0. The Morgan fingerprint density at radius 1 is 0.941 bits per heavy atom. The fourth-order valence-corrected chi connectivity index (χ4v) is 1.30. The van der Waals surface area contributed by atoms with Crippen LogP contribution in [0, 0.1) is 5.82 Å². The van der Waals surface area contributed by atoms with Crippen molar-refractivity contribution in [3.8, 4) is 5.75 Å². The SMILES string of the molecule is CC.Fc1cccc(OCc2ccccc2)c1. The zero-order valence-electron chi connectivity index (χ0n) is 10.2. The van der Waals surface area contributed by atoms with E-state index in [0.717, 1.165) is 5.56 Å². The molecule has 0 aliphatic heterocycles. The monoisotopic (exact) mass is 232 g/mol. The molecule has 0 aromatic heterocycles. The lowest BCUT2D eigenvalue weighted by Crippen LogP contribution is -1.94. The first-order valence-electron chi connectivity index (χ1n) is 5.77. The molecule has 0 heterocycles. The molecule has 2 aromatic carbocycles. The van der Waals surface area contributed by atoms with Crippen LogP contribution in [-0.4, -0.2) is 0 Å². The minimum Gasteiger partial charge on any atom is -0.489 e. The molecule has 0 aliphatic carbocycles. The van der Waals surface area contributed by atoms with Gasteiger partial charge in [0.05, 0.1) is 0 Å². The third-order valence-electron chi connectivity index (χ3n) is 2.04. The molecule has 0 radical (unpaired) electrons. The van der Waals surface area contributed by atoms with Crippen molar-refractivity contribution in [1.29, 1.82) is 0 Å². The Morgan fingerprint density at radius 3 is 2.29 bits per heavy atom. The smallest absolute Gasteiger partial charge is 0.126 e. The summed E-state index contributed by atoms with van der Waals surface area (Å²) in [6, 6.07) is 15.9. The maximum atomic E-state index is 12.8. The normalized spacial score (nSPS) is 9.12. The van der Waals surface area contributed by atoms with Crippen LogP contribution < -0.4 is 4.74 Å². The molecule has 0 N–H and O–H groups in total. The summed E-state index contributed by atoms with van der Waals surface area (Å²) in [4.78, 5) is 0. The fourth-order valence-electron chi connectivity index (χ4n) is 1.30. The topological polar surface area (TPSA) is 9.23 Å². The Morgan fingerprint density at radius 2 is 1.65 bits per heavy atom. The molecule has 90 valence electrons. The van der Waals surface area contributed by atoms with E-state index in [-0.39, 0.29) is 5.82 Å². The average molecular weight is 232 g/mol. The zero-order valence-corrected chi connectivity index (χ0v) is 10.2. The van der Waals surface area contributed by atoms with Crippen LogP contribution in [0.5, 0.6) is 5.75 Å². The Kier molecular flexibility index (Phi) is 5.80. The summed E-state index contributed by atoms with van der Waals surface area (Å²) in [6.45, 7) is 4.46. The van der Waals surface area contributed by atoms with Crippen molar-refractivity contribution in [2.45, 2.75) is 20.5 Å². The highest BCUT2D eigenvalue weighted by atomic mass is 19.1. The van der Waals surface area contributed by atoms with Gasteiger partial charge in [0.15, 0.2) is 0 Å². The van der Waals surface area contributed by atoms with Crippen LogP contribution in [0.25, 0.3) is 0 Å². The molecule has 0 atom stereocenters. The van der Waals surface area contributed by atoms with E-state index in [4.69, 9.17) is 4.74 Å². The first-order chi connectivity index (χ1) is 8.34. The molecule has 0 bridgehead atoms. The average Bonchev–Trinajstić information content (AvgIpc) is 2.40. The predicted octanol–water partition coefficient (Wildman–Crippen LogP) is 4.43. The van der Waals surface area contributed by atoms with Crippen molar-refractivity contribution in [3.63, 3.8) is 0 Å². The lowest BCUT2D eigenvalue weighted by molar-refractivity contribution is 0.304. The van der Waals surface area contributed by atoms with Crippen LogP contribution >= 0.6 is 0 Å². The largest absolute Gasteiger partial charge is 0.489 e. The summed E-state index contributed by atoms with van der Waals surface area (Å²) < 4.78 is 18.2. The van der Waals surface area contributed by atoms with Crippen LogP contribution in [0.3, 0.4) is 0 Å². The summed E-state index contributed by atoms with van der Waals surface area (Å²) >= 11 is 0. The van der Waals surface area contributed by atoms with E-state index in [2.05, 4.69) is 0 Å². The molecule has 0 saturated carbocycles. The van der Waals surface area contributed by atoms with Gasteiger partial charge in [0.2, 0.25) is 0 Å². The van der Waals surface area contributed by atoms with Gasteiger partial charge in [-0.25, -0.2) is 4.39 Å². The molecule has 0 fully saturated rings. The molecule has 17 heavy (non-hydrogen) atoms. The lowest BCUT2D eigenvalue weighted by atomic mass is 10.2. The van der Waals surface area contributed by atoms with Crippen LogP contribution in [-0.2, 0) is 6.61 Å². The van der Waals surface area contributed by atoms with E-state index < -0.39 is 0 Å². The lowest BCUT2D eigenvalue weighted by Gasteiger charge is -2.05. The predicted molar refractivity (Wildman–Crippen MR) is 68.5 cm³/mol. The van der Waals surface area contributed by atoms with E-state index in [9.17, 15) is 4.39 Å². The van der Waals surface area contributed by atoms with Crippen molar-refractivity contribution >= 4 is 0 Å². The van der Waals surface area contributed by atoms with Gasteiger partial charge in [0.1, 0.15) is 18.2 Å². The van der Waals surface area contributed by atoms with E-state index in [1.165, 1.54) is 12.1 Å². The van der Waals surface area contributed by atoms with Gasteiger partial charge < -0.3 is 4.74 Å². The van der Waals surface area contributed by atoms with Crippen molar-refractivity contribution in [2.75, 3.05) is 0 Å². The van der Waals surface area contributed by atoms with Gasteiger partial charge in [-0.3, -0.25) is 0 Å². The van der Waals surface area contributed by atoms with Gasteiger partial charge >= 0.3 is 0 Å². The van der Waals surface area contributed by atoms with Crippen molar-refractivity contribution in [1.82, 2.24) is 0 Å². The molecule has 2 heteroatoms. The summed E-state index contributed by atoms with van der Waals surface area (Å²) in [5, 5.41) is 0. The molecule has 0 amide bonds. The Bertz CT molecular complexity index is 426. The van der Waals surface area contributed by atoms with E-state index in [1.54, 1.807) is 12.1 Å². The van der Waals surface area contributed by atoms with E-state index in [0.29, 0.717) is 12.4 Å². The standard InChI is InChI=1S/C13H11FO.C2H6/c14-12-7-4-8-13(9-12)15-10-11-5-2-1-3-6-11;1-2/h1-9H,10H2;1-2H3. The number of rotatable bonds is 3. The summed E-state index contributed by atoms with van der Waals surface area (Å²) in [6.07, 6.45) is 0. The second-order valence-electron chi connectivity index (χ2n) is 3.23. The second kappa shape index (κ2) is 7.44. The number of halogens is 1. The highest BCUT2D eigenvalue weighted by Gasteiger charge is 1.96. The molecule has 0 spiro atoms. The molecule has 0 saturated heterocycles. The van der Waals surface area contributed by atoms with Gasteiger partial charge in [-0.1, -0.05) is 50.2 Å². The van der Waals surface area contributed by atoms with Crippen LogP contribution in [0.2, 0.25) is 0 Å². The van der Waals surface area contributed by atoms with Gasteiger partial charge in [-0.15, -0.1) is 0 Å². The first kappa shape index (κ1) is 13.2. The number of hydrogen-bond acceptors (Lipinski definition) is 1. The number of ether oxygens (including phenoxy) is 1. The van der Waals surface area contributed by atoms with Crippen molar-refractivity contribution in [3.05, 3.63) is 66.0 Å². The highest BCUT2D eigenvalue weighted by Crippen LogP contribution is 2.13. The Hall–Kier alpha value is -1.83. The minimum atomic E-state index is -0.277. The number of benzene rings is 2. The zero-order chi connectivity index (χ0) is 12.5. The van der Waals surface area contributed by atoms with Crippen LogP contribution in [0.1, 0.15) is 19.4 Å². The molecular weight excluding hydrogens is 215 g/mol. The van der Waals surface area contributed by atoms with Crippen LogP contribution in [0.4, 0.5) is 4.39 Å². The van der Waals surface area contributed by atoms with Gasteiger partial charge in [0.25, 0.3) is 0 Å². The minimum absolute atomic E-state index is 0.277. The summed E-state index contributed by atoms with van der Waals surface area (Å²) in [5.74, 6) is 0.277. The molecular formula is C15H17FO. The Balaban J connectivity index is 0.000000686. The van der Waals surface area contributed by atoms with Crippen molar-refractivity contribution < 1.29 is 9.13 Å². The van der Waals surface area contributed by atoms with Gasteiger partial charge in [-0.05, 0) is 17.7 Å². The Labute approximate surface area is 102 Å². The summed E-state index contributed by atoms with van der Waals surface area (Å²) in [5.41, 5.74) is 1.07. The van der Waals surface area contributed by atoms with E-state index >= 15 is 0 Å². The molecule has 2 aromatic rings. The van der Waals surface area contributed by atoms with Gasteiger partial charge in [-0.2, -0.15) is 0 Å². The third-order valence-corrected chi connectivity index (χ3v) is 2.04. The van der Waals surface area contributed by atoms with E-state index in [1.807, 2.05) is 44.2 Å². The first-order valence-corrected chi connectivity index (χ1v) is 5.77. The summed E-state index contributed by atoms with van der Waals surface area (Å²) in [7, 11) is 0. The highest BCUT2D eigenvalue weighted by molar-refractivity contribution is 5.23.